The molecular weight excluding hydrogens is 304 g/mol. The normalized spacial score (nSPS) is 23.0. The summed E-state index contributed by atoms with van der Waals surface area (Å²) in [5.74, 6) is 0.0965. The number of nitrogens with one attached hydrogen (secondary N) is 1. The molecule has 2 saturated heterocycles. The van der Waals surface area contributed by atoms with Crippen LogP contribution in [0.4, 0.5) is 5.13 Å². The molecule has 2 aliphatic rings. The minimum atomic E-state index is -0.295. The summed E-state index contributed by atoms with van der Waals surface area (Å²) in [6.45, 7) is 4.46. The van der Waals surface area contributed by atoms with E-state index in [0.717, 1.165) is 31.1 Å². The van der Waals surface area contributed by atoms with Gasteiger partial charge in [0, 0.05) is 32.7 Å². The predicted molar refractivity (Wildman–Crippen MR) is 81.7 cm³/mol. The summed E-state index contributed by atoms with van der Waals surface area (Å²) in [4.78, 5) is 25.9. The highest BCUT2D eigenvalue weighted by Gasteiger charge is 2.36. The maximum absolute atomic E-state index is 12.3. The molecule has 0 bridgehead atoms. The van der Waals surface area contributed by atoms with Crippen LogP contribution in [0, 0.1) is 18.8 Å². The van der Waals surface area contributed by atoms with Gasteiger partial charge in [-0.15, -0.1) is 10.2 Å². The van der Waals surface area contributed by atoms with Gasteiger partial charge in [0.1, 0.15) is 5.01 Å². The first-order valence-corrected chi connectivity index (χ1v) is 8.41. The first-order chi connectivity index (χ1) is 10.6. The smallest absolute Gasteiger partial charge is 0.229 e. The molecule has 2 fully saturated rings. The maximum Gasteiger partial charge on any atom is 0.229 e. The number of aryl methyl sites for hydroxylation is 1. The summed E-state index contributed by atoms with van der Waals surface area (Å²) in [6, 6.07) is 0. The fourth-order valence-corrected chi connectivity index (χ4v) is 3.52. The molecule has 3 rings (SSSR count). The molecule has 3 heterocycles. The van der Waals surface area contributed by atoms with E-state index in [1.54, 1.807) is 4.90 Å². The van der Waals surface area contributed by atoms with Crippen molar-refractivity contribution in [1.29, 1.82) is 0 Å². The Hall–Kier alpha value is -1.54. The van der Waals surface area contributed by atoms with Gasteiger partial charge >= 0.3 is 0 Å². The average molecular weight is 324 g/mol. The van der Waals surface area contributed by atoms with Gasteiger partial charge in [-0.3, -0.25) is 14.5 Å². The van der Waals surface area contributed by atoms with Crippen LogP contribution in [0.1, 0.15) is 24.3 Å². The fraction of sp³-hybridized carbons (Fsp3) is 0.714. The van der Waals surface area contributed by atoms with Crippen molar-refractivity contribution in [2.75, 3.05) is 31.2 Å². The summed E-state index contributed by atoms with van der Waals surface area (Å²) < 4.78 is 5.31. The Morgan fingerprint density at radius 1 is 1.41 bits per heavy atom. The molecule has 8 heteroatoms. The molecule has 0 spiro atoms. The predicted octanol–water partition coefficient (Wildman–Crippen LogP) is 0.742. The minimum Gasteiger partial charge on any atom is -0.381 e. The number of carbonyl (C=O) groups excluding carboxylic acids is 2. The molecule has 0 radical (unpaired) electrons. The Balaban J connectivity index is 1.52. The van der Waals surface area contributed by atoms with E-state index in [0.29, 0.717) is 24.1 Å². The van der Waals surface area contributed by atoms with Gasteiger partial charge in [0.2, 0.25) is 16.9 Å². The zero-order valence-electron chi connectivity index (χ0n) is 12.6. The molecule has 120 valence electrons. The molecule has 1 atom stereocenters. The zero-order valence-corrected chi connectivity index (χ0v) is 13.4. The lowest BCUT2D eigenvalue weighted by Crippen LogP contribution is -2.37. The van der Waals surface area contributed by atoms with Gasteiger partial charge < -0.3 is 10.1 Å². The fourth-order valence-electron chi connectivity index (χ4n) is 2.80. The van der Waals surface area contributed by atoms with Crippen LogP contribution in [0.25, 0.3) is 0 Å². The van der Waals surface area contributed by atoms with Crippen LogP contribution in [0.3, 0.4) is 0 Å². The van der Waals surface area contributed by atoms with Gasteiger partial charge in [0.05, 0.1) is 5.92 Å². The van der Waals surface area contributed by atoms with Crippen molar-refractivity contribution in [1.82, 2.24) is 15.5 Å². The lowest BCUT2D eigenvalue weighted by molar-refractivity contribution is -0.126. The Morgan fingerprint density at radius 2 is 2.18 bits per heavy atom. The third-order valence-corrected chi connectivity index (χ3v) is 5.01. The molecule has 1 unspecified atom stereocenters. The van der Waals surface area contributed by atoms with E-state index in [2.05, 4.69) is 15.5 Å². The van der Waals surface area contributed by atoms with Crippen molar-refractivity contribution < 1.29 is 14.3 Å². The Kier molecular flexibility index (Phi) is 4.68. The van der Waals surface area contributed by atoms with Crippen LogP contribution in [-0.4, -0.2) is 48.3 Å². The number of ether oxygens (including phenoxy) is 1. The van der Waals surface area contributed by atoms with Crippen LogP contribution in [0.2, 0.25) is 0 Å². The number of anilines is 1. The van der Waals surface area contributed by atoms with Crippen molar-refractivity contribution in [2.24, 2.45) is 11.8 Å². The molecule has 2 amide bonds. The quantitative estimate of drug-likeness (QED) is 0.883. The molecule has 0 aliphatic carbocycles. The molecule has 0 saturated carbocycles. The largest absolute Gasteiger partial charge is 0.381 e. The highest BCUT2D eigenvalue weighted by atomic mass is 32.1. The first kappa shape index (κ1) is 15.4. The average Bonchev–Trinajstić information content (AvgIpc) is 3.11. The molecule has 0 aromatic carbocycles. The van der Waals surface area contributed by atoms with Crippen LogP contribution in [-0.2, 0) is 14.3 Å². The van der Waals surface area contributed by atoms with Crippen molar-refractivity contribution in [3.8, 4) is 0 Å². The number of amides is 2. The maximum atomic E-state index is 12.3. The van der Waals surface area contributed by atoms with Gasteiger partial charge in [-0.25, -0.2) is 0 Å². The molecule has 22 heavy (non-hydrogen) atoms. The minimum absolute atomic E-state index is 0.0384. The first-order valence-electron chi connectivity index (χ1n) is 7.59. The molecule has 1 N–H and O–H groups in total. The third kappa shape index (κ3) is 3.44. The van der Waals surface area contributed by atoms with Crippen LogP contribution >= 0.6 is 11.3 Å². The van der Waals surface area contributed by atoms with Crippen LogP contribution < -0.4 is 10.2 Å². The molecule has 7 nitrogen and oxygen atoms in total. The number of carbonyl (C=O) groups is 2. The number of hydrogen-bond donors (Lipinski definition) is 1. The summed E-state index contributed by atoms with van der Waals surface area (Å²) in [7, 11) is 0. The summed E-state index contributed by atoms with van der Waals surface area (Å²) in [6.07, 6.45) is 2.22. The Bertz CT molecular complexity index is 556. The standard InChI is InChI=1S/C14H20N4O3S/c1-9-16-17-14(22-9)18-8-11(6-12(18)19)13(20)15-7-10-2-4-21-5-3-10/h10-11H,2-8H2,1H3,(H,15,20). The van der Waals surface area contributed by atoms with Crippen LogP contribution in [0.15, 0.2) is 0 Å². The topological polar surface area (TPSA) is 84.4 Å². The van der Waals surface area contributed by atoms with Gasteiger partial charge in [-0.1, -0.05) is 11.3 Å². The van der Waals surface area contributed by atoms with E-state index in [-0.39, 0.29) is 24.2 Å². The van der Waals surface area contributed by atoms with Crippen molar-refractivity contribution in [3.05, 3.63) is 5.01 Å². The second kappa shape index (κ2) is 6.70. The number of aromatic nitrogens is 2. The summed E-state index contributed by atoms with van der Waals surface area (Å²) in [5.41, 5.74) is 0. The van der Waals surface area contributed by atoms with Gasteiger partial charge in [0.15, 0.2) is 0 Å². The zero-order chi connectivity index (χ0) is 15.5. The van der Waals surface area contributed by atoms with E-state index in [1.165, 1.54) is 11.3 Å². The summed E-state index contributed by atoms with van der Waals surface area (Å²) in [5, 5.41) is 12.3. The SMILES string of the molecule is Cc1nnc(N2CC(C(=O)NCC3CCOCC3)CC2=O)s1. The van der Waals surface area contributed by atoms with Crippen molar-refractivity contribution >= 4 is 28.3 Å². The van der Waals surface area contributed by atoms with E-state index in [1.807, 2.05) is 6.92 Å². The molecule has 1 aromatic rings. The monoisotopic (exact) mass is 324 g/mol. The highest BCUT2D eigenvalue weighted by Crippen LogP contribution is 2.27. The lowest BCUT2D eigenvalue weighted by atomic mass is 10.00. The molecule has 1 aromatic heterocycles. The van der Waals surface area contributed by atoms with E-state index < -0.39 is 0 Å². The Morgan fingerprint density at radius 3 is 2.86 bits per heavy atom. The van der Waals surface area contributed by atoms with Gasteiger partial charge in [0.25, 0.3) is 0 Å². The van der Waals surface area contributed by atoms with E-state index in [4.69, 9.17) is 4.74 Å². The Labute approximate surface area is 133 Å². The lowest BCUT2D eigenvalue weighted by Gasteiger charge is -2.22. The van der Waals surface area contributed by atoms with Crippen molar-refractivity contribution in [2.45, 2.75) is 26.2 Å². The second-order valence-electron chi connectivity index (χ2n) is 5.81. The van der Waals surface area contributed by atoms with Crippen LogP contribution in [0.5, 0.6) is 0 Å². The molecule has 2 aliphatic heterocycles. The van der Waals surface area contributed by atoms with Crippen molar-refractivity contribution in [3.63, 3.8) is 0 Å². The number of hydrogen-bond acceptors (Lipinski definition) is 6. The number of nitrogens with zero attached hydrogens (tertiary/aromatic N) is 3. The number of rotatable bonds is 4. The molecular formula is C14H20N4O3S. The van der Waals surface area contributed by atoms with E-state index in [9.17, 15) is 9.59 Å². The van der Waals surface area contributed by atoms with Gasteiger partial charge in [-0.2, -0.15) is 0 Å². The highest BCUT2D eigenvalue weighted by molar-refractivity contribution is 7.15. The summed E-state index contributed by atoms with van der Waals surface area (Å²) >= 11 is 1.38. The third-order valence-electron chi connectivity index (χ3n) is 4.15. The second-order valence-corrected chi connectivity index (χ2v) is 6.97. The van der Waals surface area contributed by atoms with E-state index >= 15 is 0 Å². The van der Waals surface area contributed by atoms with Gasteiger partial charge in [-0.05, 0) is 25.7 Å².